The SMILES string of the molecule is CN(CC(=O)NCC(=O)N1CCCC1)Cc1ccc(N2CCCCC2)cc1. The molecule has 2 amide bonds. The van der Waals surface area contributed by atoms with Crippen molar-refractivity contribution in [3.05, 3.63) is 29.8 Å². The van der Waals surface area contributed by atoms with E-state index >= 15 is 0 Å². The van der Waals surface area contributed by atoms with Crippen LogP contribution in [0.5, 0.6) is 0 Å². The van der Waals surface area contributed by atoms with Crippen LogP contribution in [0.15, 0.2) is 24.3 Å². The minimum absolute atomic E-state index is 0.0248. The number of carbonyl (C=O) groups excluding carboxylic acids is 2. The van der Waals surface area contributed by atoms with E-state index in [0.29, 0.717) is 13.1 Å². The van der Waals surface area contributed by atoms with E-state index < -0.39 is 0 Å². The maximum Gasteiger partial charge on any atom is 0.241 e. The number of nitrogens with zero attached hydrogens (tertiary/aromatic N) is 3. The third kappa shape index (κ3) is 5.96. The highest BCUT2D eigenvalue weighted by Gasteiger charge is 2.18. The molecule has 1 aromatic rings. The first-order chi connectivity index (χ1) is 13.1. The predicted octanol–water partition coefficient (Wildman–Crippen LogP) is 1.85. The molecule has 1 N–H and O–H groups in total. The van der Waals surface area contributed by atoms with Crippen molar-refractivity contribution in [3.8, 4) is 0 Å². The first-order valence-electron chi connectivity index (χ1n) is 10.2. The van der Waals surface area contributed by atoms with E-state index in [-0.39, 0.29) is 18.4 Å². The molecule has 2 saturated heterocycles. The van der Waals surface area contributed by atoms with Crippen LogP contribution < -0.4 is 10.2 Å². The number of likely N-dealkylation sites (tertiary alicyclic amines) is 1. The van der Waals surface area contributed by atoms with Gasteiger partial charge in [-0.3, -0.25) is 14.5 Å². The Morgan fingerprint density at radius 1 is 0.963 bits per heavy atom. The highest BCUT2D eigenvalue weighted by molar-refractivity contribution is 5.85. The van der Waals surface area contributed by atoms with Crippen LogP contribution in [-0.2, 0) is 16.1 Å². The van der Waals surface area contributed by atoms with Crippen molar-refractivity contribution in [1.82, 2.24) is 15.1 Å². The van der Waals surface area contributed by atoms with Gasteiger partial charge in [0, 0.05) is 38.4 Å². The summed E-state index contributed by atoms with van der Waals surface area (Å²) in [6.45, 7) is 5.06. The summed E-state index contributed by atoms with van der Waals surface area (Å²) >= 11 is 0. The average molecular weight is 373 g/mol. The number of rotatable bonds is 7. The Morgan fingerprint density at radius 3 is 2.26 bits per heavy atom. The molecule has 27 heavy (non-hydrogen) atoms. The van der Waals surface area contributed by atoms with Crippen molar-refractivity contribution in [2.75, 3.05) is 51.2 Å². The molecule has 0 aliphatic carbocycles. The van der Waals surface area contributed by atoms with Crippen LogP contribution in [-0.4, -0.2) is 67.9 Å². The van der Waals surface area contributed by atoms with Crippen LogP contribution in [0.1, 0.15) is 37.7 Å². The fraction of sp³-hybridized carbons (Fsp3) is 0.619. The molecule has 0 saturated carbocycles. The Labute approximate surface area is 162 Å². The molecular formula is C21H32N4O2. The summed E-state index contributed by atoms with van der Waals surface area (Å²) in [4.78, 5) is 30.3. The predicted molar refractivity (Wildman–Crippen MR) is 108 cm³/mol. The normalized spacial score (nSPS) is 17.4. The molecule has 2 fully saturated rings. The topological polar surface area (TPSA) is 55.9 Å². The lowest BCUT2D eigenvalue weighted by molar-refractivity contribution is -0.132. The van der Waals surface area contributed by atoms with Gasteiger partial charge in [0.1, 0.15) is 0 Å². The van der Waals surface area contributed by atoms with E-state index in [0.717, 1.165) is 39.0 Å². The number of piperidine rings is 1. The van der Waals surface area contributed by atoms with Gasteiger partial charge in [0.05, 0.1) is 13.1 Å². The zero-order valence-electron chi connectivity index (χ0n) is 16.5. The van der Waals surface area contributed by atoms with Crippen LogP contribution in [0.3, 0.4) is 0 Å². The van der Waals surface area contributed by atoms with Gasteiger partial charge in [-0.2, -0.15) is 0 Å². The van der Waals surface area contributed by atoms with E-state index in [2.05, 4.69) is 34.5 Å². The lowest BCUT2D eigenvalue weighted by Crippen LogP contribution is -2.42. The Hall–Kier alpha value is -2.08. The molecule has 2 aliphatic rings. The lowest BCUT2D eigenvalue weighted by Gasteiger charge is -2.29. The largest absolute Gasteiger partial charge is 0.372 e. The fourth-order valence-electron chi connectivity index (χ4n) is 3.89. The van der Waals surface area contributed by atoms with Crippen LogP contribution in [0.2, 0.25) is 0 Å². The van der Waals surface area contributed by atoms with Gasteiger partial charge in [-0.15, -0.1) is 0 Å². The number of hydrogen-bond donors (Lipinski definition) is 1. The summed E-state index contributed by atoms with van der Waals surface area (Å²) in [5.74, 6) is -0.0770. The second-order valence-corrected chi connectivity index (χ2v) is 7.75. The summed E-state index contributed by atoms with van der Waals surface area (Å²) in [7, 11) is 1.93. The van der Waals surface area contributed by atoms with Gasteiger partial charge in [0.15, 0.2) is 0 Å². The molecule has 3 rings (SSSR count). The van der Waals surface area contributed by atoms with Crippen LogP contribution in [0.25, 0.3) is 0 Å². The highest BCUT2D eigenvalue weighted by atomic mass is 16.2. The molecule has 0 atom stereocenters. The molecule has 2 aliphatic heterocycles. The van der Waals surface area contributed by atoms with Gasteiger partial charge in [-0.25, -0.2) is 0 Å². The van der Waals surface area contributed by atoms with Gasteiger partial charge in [-0.1, -0.05) is 12.1 Å². The molecule has 6 heteroatoms. The molecule has 1 aromatic carbocycles. The smallest absolute Gasteiger partial charge is 0.241 e. The van der Waals surface area contributed by atoms with Gasteiger partial charge < -0.3 is 15.1 Å². The number of hydrogen-bond acceptors (Lipinski definition) is 4. The van der Waals surface area contributed by atoms with Crippen LogP contribution in [0, 0.1) is 0 Å². The number of likely N-dealkylation sites (N-methyl/N-ethyl adjacent to an activating group) is 1. The standard InChI is InChI=1S/C21H32N4O2/c1-23(17-20(26)22-15-21(27)25-13-5-6-14-25)16-18-7-9-19(10-8-18)24-11-3-2-4-12-24/h7-10H,2-6,11-17H2,1H3,(H,22,26). The lowest BCUT2D eigenvalue weighted by atomic mass is 10.1. The first-order valence-corrected chi connectivity index (χ1v) is 10.2. The summed E-state index contributed by atoms with van der Waals surface area (Å²) in [5, 5.41) is 2.75. The molecule has 148 valence electrons. The van der Waals surface area contributed by atoms with Crippen molar-refractivity contribution < 1.29 is 9.59 Å². The number of carbonyl (C=O) groups is 2. The molecule has 0 unspecified atom stereocenters. The van der Waals surface area contributed by atoms with E-state index in [1.807, 2.05) is 16.8 Å². The van der Waals surface area contributed by atoms with E-state index in [1.54, 1.807) is 0 Å². The average Bonchev–Trinajstić information content (AvgIpc) is 3.22. The van der Waals surface area contributed by atoms with Gasteiger partial charge in [-0.05, 0) is 56.8 Å². The van der Waals surface area contributed by atoms with Gasteiger partial charge in [0.2, 0.25) is 11.8 Å². The molecule has 0 radical (unpaired) electrons. The third-order valence-electron chi connectivity index (χ3n) is 5.42. The summed E-state index contributed by atoms with van der Waals surface area (Å²) in [6.07, 6.45) is 6.03. The number of benzene rings is 1. The first kappa shape index (κ1) is 19.7. The number of amides is 2. The van der Waals surface area contributed by atoms with Crippen molar-refractivity contribution in [2.24, 2.45) is 0 Å². The maximum absolute atomic E-state index is 12.1. The molecular weight excluding hydrogens is 340 g/mol. The second-order valence-electron chi connectivity index (χ2n) is 7.75. The molecule has 2 heterocycles. The second kappa shape index (κ2) is 9.74. The zero-order chi connectivity index (χ0) is 19.1. The van der Waals surface area contributed by atoms with Gasteiger partial charge in [0.25, 0.3) is 0 Å². The number of anilines is 1. The van der Waals surface area contributed by atoms with Crippen molar-refractivity contribution >= 4 is 17.5 Å². The molecule has 0 spiro atoms. The third-order valence-corrected chi connectivity index (χ3v) is 5.42. The van der Waals surface area contributed by atoms with Crippen molar-refractivity contribution in [3.63, 3.8) is 0 Å². The quantitative estimate of drug-likeness (QED) is 0.794. The van der Waals surface area contributed by atoms with E-state index in [1.165, 1.54) is 30.5 Å². The fourth-order valence-corrected chi connectivity index (χ4v) is 3.89. The van der Waals surface area contributed by atoms with Crippen LogP contribution in [0.4, 0.5) is 5.69 Å². The van der Waals surface area contributed by atoms with Crippen LogP contribution >= 0.6 is 0 Å². The Morgan fingerprint density at radius 2 is 1.59 bits per heavy atom. The summed E-state index contributed by atoms with van der Waals surface area (Å²) in [6, 6.07) is 8.66. The highest BCUT2D eigenvalue weighted by Crippen LogP contribution is 2.20. The summed E-state index contributed by atoms with van der Waals surface area (Å²) < 4.78 is 0. The zero-order valence-corrected chi connectivity index (χ0v) is 16.5. The Kier molecular flexibility index (Phi) is 7.10. The Balaban J connectivity index is 1.39. The summed E-state index contributed by atoms with van der Waals surface area (Å²) in [5.41, 5.74) is 2.48. The minimum atomic E-state index is -0.102. The van der Waals surface area contributed by atoms with E-state index in [4.69, 9.17) is 0 Å². The molecule has 6 nitrogen and oxygen atoms in total. The van der Waals surface area contributed by atoms with Crippen molar-refractivity contribution in [2.45, 2.75) is 38.6 Å². The molecule has 0 aromatic heterocycles. The molecule has 0 bridgehead atoms. The minimum Gasteiger partial charge on any atom is -0.372 e. The van der Waals surface area contributed by atoms with E-state index in [9.17, 15) is 9.59 Å². The maximum atomic E-state index is 12.1. The van der Waals surface area contributed by atoms with Gasteiger partial charge >= 0.3 is 0 Å². The monoisotopic (exact) mass is 372 g/mol. The van der Waals surface area contributed by atoms with Crippen molar-refractivity contribution in [1.29, 1.82) is 0 Å². The Bertz CT molecular complexity index is 620. The number of nitrogens with one attached hydrogen (secondary N) is 1.